The number of hydrogen-bond acceptors (Lipinski definition) is 11. The second kappa shape index (κ2) is 10.8. The molecular weight excluding hydrogens is 488 g/mol. The van der Waals surface area contributed by atoms with Crippen molar-refractivity contribution in [2.45, 2.75) is 18.6 Å². The number of methoxy groups -OCH3 is 1. The Bertz CT molecular complexity index is 1300. The predicted octanol–water partition coefficient (Wildman–Crippen LogP) is 2.19. The van der Waals surface area contributed by atoms with Crippen LogP contribution in [-0.2, 0) is 16.6 Å². The number of piperazine rings is 1. The Kier molecular flexibility index (Phi) is 7.79. The minimum atomic E-state index is -3.17. The quantitative estimate of drug-likeness (QED) is 0.443. The fourth-order valence-electron chi connectivity index (χ4n) is 3.75. The van der Waals surface area contributed by atoms with Crippen LogP contribution in [-0.4, -0.2) is 88.3 Å². The van der Waals surface area contributed by atoms with Crippen LogP contribution in [0.15, 0.2) is 35.9 Å². The lowest BCUT2D eigenvalue weighted by Crippen LogP contribution is -2.47. The summed E-state index contributed by atoms with van der Waals surface area (Å²) < 4.78 is 30.4. The standard InChI is InChI=1S/C22H28N8O3S2/c1-15-25-21(28-22(26-15)34-3)19-9-16(14-29-5-7-30(8-6-29)35(4,31)32)11-24-20(19)27-17-10-18(33-2)13-23-12-17/h9-13H,5-8,14H2,1-4H3,(H,24,27). The number of hydrogen-bond donors (Lipinski definition) is 1. The van der Waals surface area contributed by atoms with E-state index in [4.69, 9.17) is 9.72 Å². The lowest BCUT2D eigenvalue weighted by molar-refractivity contribution is 0.182. The molecule has 3 aromatic heterocycles. The topological polar surface area (TPSA) is 126 Å². The molecule has 1 fully saturated rings. The molecule has 1 N–H and O–H groups in total. The first kappa shape index (κ1) is 25.2. The SMILES string of the molecule is COc1cncc(Nc2ncc(CN3CCN(S(C)(=O)=O)CC3)cc2-c2nc(C)nc(SC)n2)c1. The zero-order valence-corrected chi connectivity index (χ0v) is 21.7. The van der Waals surface area contributed by atoms with E-state index in [9.17, 15) is 8.42 Å². The third-order valence-electron chi connectivity index (χ3n) is 5.51. The van der Waals surface area contributed by atoms with Gasteiger partial charge in [0.05, 0.1) is 37.0 Å². The molecule has 13 heteroatoms. The number of thioether (sulfide) groups is 1. The Balaban J connectivity index is 1.64. The van der Waals surface area contributed by atoms with E-state index in [1.165, 1.54) is 22.3 Å². The number of aryl methyl sites for hydroxylation is 1. The van der Waals surface area contributed by atoms with Crippen LogP contribution in [0.5, 0.6) is 5.75 Å². The summed E-state index contributed by atoms with van der Waals surface area (Å²) in [7, 11) is -1.58. The number of ether oxygens (including phenoxy) is 1. The molecule has 0 aliphatic carbocycles. The van der Waals surface area contributed by atoms with Crippen molar-refractivity contribution >= 4 is 33.3 Å². The van der Waals surface area contributed by atoms with Gasteiger partial charge in [0.15, 0.2) is 11.0 Å². The van der Waals surface area contributed by atoms with Crippen molar-refractivity contribution in [2.24, 2.45) is 0 Å². The van der Waals surface area contributed by atoms with E-state index in [0.29, 0.717) is 61.1 Å². The van der Waals surface area contributed by atoms with Crippen LogP contribution in [0.1, 0.15) is 11.4 Å². The Morgan fingerprint density at radius 1 is 1.09 bits per heavy atom. The first-order valence-electron chi connectivity index (χ1n) is 10.9. The lowest BCUT2D eigenvalue weighted by atomic mass is 10.1. The maximum atomic E-state index is 11.8. The van der Waals surface area contributed by atoms with Gasteiger partial charge in [-0.05, 0) is 24.8 Å². The molecule has 0 spiro atoms. The number of anilines is 2. The average Bonchev–Trinajstić information content (AvgIpc) is 2.84. The van der Waals surface area contributed by atoms with Crippen molar-refractivity contribution in [2.75, 3.05) is 51.1 Å². The molecule has 1 aliphatic rings. The zero-order valence-electron chi connectivity index (χ0n) is 20.1. The van der Waals surface area contributed by atoms with E-state index < -0.39 is 10.0 Å². The van der Waals surface area contributed by atoms with Gasteiger partial charge in [0.2, 0.25) is 10.0 Å². The van der Waals surface area contributed by atoms with Gasteiger partial charge in [-0.3, -0.25) is 9.88 Å². The Labute approximate surface area is 209 Å². The molecule has 186 valence electrons. The van der Waals surface area contributed by atoms with E-state index in [2.05, 4.69) is 30.2 Å². The van der Waals surface area contributed by atoms with E-state index in [1.807, 2.05) is 31.5 Å². The van der Waals surface area contributed by atoms with Gasteiger partial charge in [0.25, 0.3) is 0 Å². The second-order valence-corrected chi connectivity index (χ2v) is 10.9. The van der Waals surface area contributed by atoms with Gasteiger partial charge in [-0.1, -0.05) is 11.8 Å². The monoisotopic (exact) mass is 516 g/mol. The Morgan fingerprint density at radius 2 is 1.86 bits per heavy atom. The van der Waals surface area contributed by atoms with Crippen LogP contribution in [0.2, 0.25) is 0 Å². The Hall–Kier alpha value is -2.87. The van der Waals surface area contributed by atoms with E-state index >= 15 is 0 Å². The van der Waals surface area contributed by atoms with Crippen molar-refractivity contribution in [1.29, 1.82) is 0 Å². The molecule has 0 radical (unpaired) electrons. The highest BCUT2D eigenvalue weighted by molar-refractivity contribution is 7.98. The number of rotatable bonds is 8. The number of sulfonamides is 1. The summed E-state index contributed by atoms with van der Waals surface area (Å²) in [6.07, 6.45) is 8.31. The number of nitrogens with one attached hydrogen (secondary N) is 1. The van der Waals surface area contributed by atoms with Crippen LogP contribution in [0.3, 0.4) is 0 Å². The first-order valence-corrected chi connectivity index (χ1v) is 14.0. The van der Waals surface area contributed by atoms with E-state index in [-0.39, 0.29) is 0 Å². The highest BCUT2D eigenvalue weighted by Gasteiger charge is 2.24. The van der Waals surface area contributed by atoms with Crippen LogP contribution >= 0.6 is 11.8 Å². The molecule has 3 aromatic rings. The highest BCUT2D eigenvalue weighted by atomic mass is 32.2. The summed E-state index contributed by atoms with van der Waals surface area (Å²) in [5.41, 5.74) is 2.44. The van der Waals surface area contributed by atoms with E-state index in [0.717, 1.165) is 16.8 Å². The van der Waals surface area contributed by atoms with Crippen LogP contribution < -0.4 is 10.1 Å². The Morgan fingerprint density at radius 3 is 2.54 bits per heavy atom. The fraction of sp³-hybridized carbons (Fsp3) is 0.409. The van der Waals surface area contributed by atoms with Crippen LogP contribution in [0, 0.1) is 6.92 Å². The first-order chi connectivity index (χ1) is 16.7. The summed E-state index contributed by atoms with van der Waals surface area (Å²) in [6.45, 7) is 4.73. The second-order valence-electron chi connectivity index (χ2n) is 8.11. The third-order valence-corrected chi connectivity index (χ3v) is 7.36. The minimum Gasteiger partial charge on any atom is -0.495 e. The van der Waals surface area contributed by atoms with E-state index in [1.54, 1.807) is 19.5 Å². The number of nitrogens with zero attached hydrogens (tertiary/aromatic N) is 7. The molecule has 0 amide bonds. The number of aromatic nitrogens is 5. The van der Waals surface area contributed by atoms with Gasteiger partial charge in [0, 0.05) is 45.0 Å². The smallest absolute Gasteiger partial charge is 0.211 e. The normalized spacial score (nSPS) is 15.2. The molecule has 4 rings (SSSR count). The van der Waals surface area contributed by atoms with Gasteiger partial charge in [-0.15, -0.1) is 0 Å². The van der Waals surface area contributed by atoms with Crippen LogP contribution in [0.4, 0.5) is 11.5 Å². The average molecular weight is 517 g/mol. The molecular formula is C22H28N8O3S2. The van der Waals surface area contributed by atoms with Gasteiger partial charge in [0.1, 0.15) is 17.4 Å². The lowest BCUT2D eigenvalue weighted by Gasteiger charge is -2.33. The van der Waals surface area contributed by atoms with Crippen molar-refractivity contribution in [3.63, 3.8) is 0 Å². The van der Waals surface area contributed by atoms with Gasteiger partial charge in [-0.2, -0.15) is 4.31 Å². The molecule has 1 saturated heterocycles. The molecule has 1 aliphatic heterocycles. The highest BCUT2D eigenvalue weighted by Crippen LogP contribution is 2.29. The van der Waals surface area contributed by atoms with Crippen molar-refractivity contribution < 1.29 is 13.2 Å². The van der Waals surface area contributed by atoms with Gasteiger partial charge in [-0.25, -0.2) is 28.4 Å². The summed E-state index contributed by atoms with van der Waals surface area (Å²) >= 11 is 1.45. The molecule has 0 bridgehead atoms. The van der Waals surface area contributed by atoms with Gasteiger partial charge >= 0.3 is 0 Å². The summed E-state index contributed by atoms with van der Waals surface area (Å²) in [5, 5.41) is 3.94. The predicted molar refractivity (Wildman–Crippen MR) is 135 cm³/mol. The van der Waals surface area contributed by atoms with Crippen LogP contribution in [0.25, 0.3) is 11.4 Å². The zero-order chi connectivity index (χ0) is 25.0. The molecule has 0 unspecified atom stereocenters. The molecule has 4 heterocycles. The maximum absolute atomic E-state index is 11.8. The molecule has 0 atom stereocenters. The molecule has 11 nitrogen and oxygen atoms in total. The summed E-state index contributed by atoms with van der Waals surface area (Å²) in [4.78, 5) is 24.7. The van der Waals surface area contributed by atoms with Crippen molar-refractivity contribution in [1.82, 2.24) is 34.1 Å². The molecule has 0 saturated carbocycles. The summed E-state index contributed by atoms with van der Waals surface area (Å²) in [6, 6.07) is 3.85. The van der Waals surface area contributed by atoms with Gasteiger partial charge < -0.3 is 10.1 Å². The minimum absolute atomic E-state index is 0.478. The third kappa shape index (κ3) is 6.42. The molecule has 0 aromatic carbocycles. The van der Waals surface area contributed by atoms with Crippen molar-refractivity contribution in [3.05, 3.63) is 42.1 Å². The van der Waals surface area contributed by atoms with Crippen molar-refractivity contribution in [3.8, 4) is 17.1 Å². The fourth-order valence-corrected chi connectivity index (χ4v) is 4.97. The number of pyridine rings is 2. The largest absolute Gasteiger partial charge is 0.495 e. The summed E-state index contributed by atoms with van der Waals surface area (Å²) in [5.74, 6) is 2.36. The molecule has 35 heavy (non-hydrogen) atoms. The maximum Gasteiger partial charge on any atom is 0.211 e.